The summed E-state index contributed by atoms with van der Waals surface area (Å²) in [6.45, 7) is 3.59. The molecule has 0 fully saturated rings. The molecule has 0 radical (unpaired) electrons. The third kappa shape index (κ3) is 4.46. The predicted octanol–water partition coefficient (Wildman–Crippen LogP) is 2.28. The fraction of sp³-hybridized carbons (Fsp3) is 0.286. The summed E-state index contributed by atoms with van der Waals surface area (Å²) in [5.74, 6) is -1.08. The normalized spacial score (nSPS) is 11.4. The second kappa shape index (κ2) is 7.20. The molecule has 1 amide bonds. The van der Waals surface area contributed by atoms with Crippen LogP contribution in [0.3, 0.4) is 0 Å². The molecule has 1 N–H and O–H groups in total. The van der Waals surface area contributed by atoms with E-state index in [1.807, 2.05) is 30.3 Å². The SMILES string of the molecule is C=CCC(C(=O)O)N(C)C(=O)OCc1ccccc1. The van der Waals surface area contributed by atoms with Crippen LogP contribution < -0.4 is 0 Å². The van der Waals surface area contributed by atoms with E-state index >= 15 is 0 Å². The molecule has 0 aliphatic carbocycles. The van der Waals surface area contributed by atoms with Crippen molar-refractivity contribution < 1.29 is 19.4 Å². The van der Waals surface area contributed by atoms with Gasteiger partial charge < -0.3 is 9.84 Å². The van der Waals surface area contributed by atoms with Gasteiger partial charge in [-0.3, -0.25) is 4.90 Å². The molecule has 1 aromatic rings. The summed E-state index contributed by atoms with van der Waals surface area (Å²) in [5, 5.41) is 9.01. The first-order chi connectivity index (χ1) is 9.06. The van der Waals surface area contributed by atoms with Gasteiger partial charge in [-0.15, -0.1) is 6.58 Å². The van der Waals surface area contributed by atoms with Crippen LogP contribution in [0.2, 0.25) is 0 Å². The number of carboxylic acid groups (broad SMARTS) is 1. The minimum absolute atomic E-state index is 0.116. The number of ether oxygens (including phenoxy) is 1. The number of carboxylic acids is 1. The van der Waals surface area contributed by atoms with Crippen molar-refractivity contribution in [3.8, 4) is 0 Å². The summed E-state index contributed by atoms with van der Waals surface area (Å²) in [6.07, 6.45) is 0.963. The number of aliphatic carboxylic acids is 1. The largest absolute Gasteiger partial charge is 0.480 e. The van der Waals surface area contributed by atoms with E-state index in [2.05, 4.69) is 6.58 Å². The molecule has 1 rings (SSSR count). The van der Waals surface area contributed by atoms with Crippen molar-refractivity contribution >= 4 is 12.1 Å². The molecule has 5 nitrogen and oxygen atoms in total. The molecular weight excluding hydrogens is 246 g/mol. The molecule has 0 aliphatic rings. The van der Waals surface area contributed by atoms with E-state index in [0.717, 1.165) is 10.5 Å². The van der Waals surface area contributed by atoms with Gasteiger partial charge in [0.1, 0.15) is 12.6 Å². The van der Waals surface area contributed by atoms with E-state index in [0.29, 0.717) is 0 Å². The Bertz CT molecular complexity index is 444. The van der Waals surface area contributed by atoms with E-state index in [4.69, 9.17) is 9.84 Å². The van der Waals surface area contributed by atoms with Crippen molar-refractivity contribution in [1.29, 1.82) is 0 Å². The third-order valence-corrected chi connectivity index (χ3v) is 2.64. The number of hydrogen-bond donors (Lipinski definition) is 1. The first kappa shape index (κ1) is 14.8. The number of benzene rings is 1. The van der Waals surface area contributed by atoms with Crippen LogP contribution in [0.5, 0.6) is 0 Å². The average Bonchev–Trinajstić information content (AvgIpc) is 2.42. The summed E-state index contributed by atoms with van der Waals surface area (Å²) >= 11 is 0. The van der Waals surface area contributed by atoms with Crippen molar-refractivity contribution in [3.63, 3.8) is 0 Å². The van der Waals surface area contributed by atoms with Gasteiger partial charge >= 0.3 is 12.1 Å². The Labute approximate surface area is 112 Å². The molecule has 0 heterocycles. The maximum Gasteiger partial charge on any atom is 0.410 e. The quantitative estimate of drug-likeness (QED) is 0.799. The van der Waals surface area contributed by atoms with Crippen LogP contribution in [0.1, 0.15) is 12.0 Å². The Balaban J connectivity index is 2.56. The monoisotopic (exact) mass is 263 g/mol. The minimum atomic E-state index is -1.08. The van der Waals surface area contributed by atoms with Crippen LogP contribution in [0.25, 0.3) is 0 Å². The lowest BCUT2D eigenvalue weighted by atomic mass is 10.2. The molecule has 19 heavy (non-hydrogen) atoms. The van der Waals surface area contributed by atoms with E-state index in [1.165, 1.54) is 13.1 Å². The highest BCUT2D eigenvalue weighted by atomic mass is 16.6. The maximum absolute atomic E-state index is 11.7. The van der Waals surface area contributed by atoms with Gasteiger partial charge in [-0.1, -0.05) is 36.4 Å². The van der Waals surface area contributed by atoms with Crippen molar-refractivity contribution in [2.24, 2.45) is 0 Å². The molecule has 0 saturated heterocycles. The Morgan fingerprint density at radius 3 is 2.58 bits per heavy atom. The van der Waals surface area contributed by atoms with Gasteiger partial charge in [0.05, 0.1) is 0 Å². The van der Waals surface area contributed by atoms with Crippen molar-refractivity contribution in [2.75, 3.05) is 7.05 Å². The molecule has 1 atom stereocenters. The van der Waals surface area contributed by atoms with Gasteiger partial charge in [-0.05, 0) is 12.0 Å². The predicted molar refractivity (Wildman–Crippen MR) is 70.6 cm³/mol. The highest BCUT2D eigenvalue weighted by Gasteiger charge is 2.26. The second-order valence-electron chi connectivity index (χ2n) is 4.03. The number of carbonyl (C=O) groups excluding carboxylic acids is 1. The summed E-state index contributed by atoms with van der Waals surface area (Å²) in [6, 6.07) is 8.23. The van der Waals surface area contributed by atoms with E-state index in [-0.39, 0.29) is 13.0 Å². The van der Waals surface area contributed by atoms with Crippen molar-refractivity contribution in [2.45, 2.75) is 19.1 Å². The molecule has 0 spiro atoms. The minimum Gasteiger partial charge on any atom is -0.480 e. The number of carbonyl (C=O) groups is 2. The second-order valence-corrected chi connectivity index (χ2v) is 4.03. The Morgan fingerprint density at radius 1 is 1.42 bits per heavy atom. The van der Waals surface area contributed by atoms with Crippen LogP contribution in [-0.2, 0) is 16.1 Å². The first-order valence-electron chi connectivity index (χ1n) is 5.83. The van der Waals surface area contributed by atoms with Crippen LogP contribution in [-0.4, -0.2) is 35.2 Å². The zero-order valence-corrected chi connectivity index (χ0v) is 10.8. The lowest BCUT2D eigenvalue weighted by Gasteiger charge is -2.23. The Morgan fingerprint density at radius 2 is 2.05 bits per heavy atom. The molecule has 5 heteroatoms. The lowest BCUT2D eigenvalue weighted by Crippen LogP contribution is -2.42. The van der Waals surface area contributed by atoms with Gasteiger partial charge in [0.15, 0.2) is 0 Å². The standard InChI is InChI=1S/C14H17NO4/c1-3-7-12(13(16)17)15(2)14(18)19-10-11-8-5-4-6-9-11/h3-6,8-9,12H,1,7,10H2,2H3,(H,16,17). The molecule has 1 aromatic carbocycles. The highest BCUT2D eigenvalue weighted by Crippen LogP contribution is 2.08. The summed E-state index contributed by atoms with van der Waals surface area (Å²) < 4.78 is 5.06. The number of nitrogens with zero attached hydrogens (tertiary/aromatic N) is 1. The highest BCUT2D eigenvalue weighted by molar-refractivity contribution is 5.80. The van der Waals surface area contributed by atoms with Crippen LogP contribution in [0.15, 0.2) is 43.0 Å². The summed E-state index contributed by atoms with van der Waals surface area (Å²) in [4.78, 5) is 23.8. The Kier molecular flexibility index (Phi) is 5.60. The number of rotatable bonds is 6. The molecule has 0 saturated carbocycles. The van der Waals surface area contributed by atoms with Crippen LogP contribution in [0.4, 0.5) is 4.79 Å². The van der Waals surface area contributed by atoms with E-state index in [9.17, 15) is 9.59 Å². The Hall–Kier alpha value is -2.30. The zero-order valence-electron chi connectivity index (χ0n) is 10.8. The zero-order chi connectivity index (χ0) is 14.3. The molecule has 0 aromatic heterocycles. The van der Waals surface area contributed by atoms with Crippen molar-refractivity contribution in [3.05, 3.63) is 48.6 Å². The van der Waals surface area contributed by atoms with Crippen LogP contribution in [0, 0.1) is 0 Å². The van der Waals surface area contributed by atoms with Gasteiger partial charge in [0, 0.05) is 7.05 Å². The van der Waals surface area contributed by atoms with Gasteiger partial charge in [-0.25, -0.2) is 9.59 Å². The topological polar surface area (TPSA) is 66.8 Å². The molecule has 1 unspecified atom stereocenters. The summed E-state index contributed by atoms with van der Waals surface area (Å²) in [5.41, 5.74) is 0.847. The lowest BCUT2D eigenvalue weighted by molar-refractivity contribution is -0.142. The molecule has 102 valence electrons. The van der Waals surface area contributed by atoms with E-state index in [1.54, 1.807) is 0 Å². The smallest absolute Gasteiger partial charge is 0.410 e. The van der Waals surface area contributed by atoms with Gasteiger partial charge in [-0.2, -0.15) is 0 Å². The van der Waals surface area contributed by atoms with Gasteiger partial charge in [0.2, 0.25) is 0 Å². The van der Waals surface area contributed by atoms with Gasteiger partial charge in [0.25, 0.3) is 0 Å². The summed E-state index contributed by atoms with van der Waals surface area (Å²) in [7, 11) is 1.40. The van der Waals surface area contributed by atoms with Crippen molar-refractivity contribution in [1.82, 2.24) is 4.90 Å². The van der Waals surface area contributed by atoms with E-state index < -0.39 is 18.1 Å². The van der Waals surface area contributed by atoms with Crippen LogP contribution >= 0.6 is 0 Å². The number of likely N-dealkylation sites (N-methyl/N-ethyl adjacent to an activating group) is 1. The molecule has 0 bridgehead atoms. The number of hydrogen-bond acceptors (Lipinski definition) is 3. The maximum atomic E-state index is 11.7. The average molecular weight is 263 g/mol. The molecular formula is C14H17NO4. The molecule has 0 aliphatic heterocycles. The third-order valence-electron chi connectivity index (χ3n) is 2.64. The fourth-order valence-electron chi connectivity index (χ4n) is 1.53. The fourth-order valence-corrected chi connectivity index (χ4v) is 1.53. The number of amides is 1. The first-order valence-corrected chi connectivity index (χ1v) is 5.83.